The van der Waals surface area contributed by atoms with Gasteiger partial charge in [-0.15, -0.1) is 0 Å². The van der Waals surface area contributed by atoms with E-state index in [0.717, 1.165) is 18.2 Å². The highest BCUT2D eigenvalue weighted by Gasteiger charge is 2.33. The highest BCUT2D eigenvalue weighted by atomic mass is 19.4. The first-order valence-corrected chi connectivity index (χ1v) is 7.19. The Morgan fingerprint density at radius 3 is 2.54 bits per heavy atom. The van der Waals surface area contributed by atoms with Crippen molar-refractivity contribution in [3.8, 4) is 0 Å². The number of hydrogen-bond acceptors (Lipinski definition) is 5. The van der Waals surface area contributed by atoms with Crippen LogP contribution in [0, 0.1) is 10.1 Å². The van der Waals surface area contributed by atoms with E-state index >= 15 is 0 Å². The lowest BCUT2D eigenvalue weighted by molar-refractivity contribution is -0.384. The molecule has 0 aliphatic carbocycles. The number of esters is 1. The molecule has 0 atom stereocenters. The van der Waals surface area contributed by atoms with Gasteiger partial charge in [0.05, 0.1) is 10.5 Å². The van der Waals surface area contributed by atoms with Crippen LogP contribution in [0.25, 0.3) is 6.08 Å². The highest BCUT2D eigenvalue weighted by molar-refractivity contribution is 6.13. The zero-order chi connectivity index (χ0) is 18.9. The number of nitrogens with zero attached hydrogens (tertiary/aromatic N) is 2. The zero-order valence-corrected chi connectivity index (χ0v) is 12.9. The Balaban J connectivity index is 2.01. The van der Waals surface area contributed by atoms with Gasteiger partial charge in [0.2, 0.25) is 5.90 Å². The first kappa shape index (κ1) is 17.3. The second-order valence-corrected chi connectivity index (χ2v) is 5.23. The monoisotopic (exact) mass is 362 g/mol. The van der Waals surface area contributed by atoms with E-state index in [4.69, 9.17) is 4.74 Å². The summed E-state index contributed by atoms with van der Waals surface area (Å²) in [5.41, 5.74) is -1.56. The highest BCUT2D eigenvalue weighted by Crippen LogP contribution is 2.33. The molecule has 0 fully saturated rings. The zero-order valence-electron chi connectivity index (χ0n) is 12.9. The summed E-state index contributed by atoms with van der Waals surface area (Å²) >= 11 is 0. The summed E-state index contributed by atoms with van der Waals surface area (Å²) in [6, 6.07) is 9.93. The largest absolute Gasteiger partial charge is 0.416 e. The van der Waals surface area contributed by atoms with Crippen LogP contribution in [0.4, 0.5) is 18.9 Å². The number of hydrogen-bond donors (Lipinski definition) is 0. The molecule has 0 aromatic heterocycles. The second kappa shape index (κ2) is 6.43. The molecule has 0 saturated carbocycles. The van der Waals surface area contributed by atoms with Crippen molar-refractivity contribution in [1.29, 1.82) is 0 Å². The molecule has 1 aliphatic heterocycles. The third-order valence-electron chi connectivity index (χ3n) is 3.48. The number of non-ortho nitro benzene ring substituents is 1. The molecule has 132 valence electrons. The van der Waals surface area contributed by atoms with Crippen molar-refractivity contribution in [2.24, 2.45) is 4.99 Å². The number of rotatable bonds is 3. The predicted molar refractivity (Wildman–Crippen MR) is 85.1 cm³/mol. The summed E-state index contributed by atoms with van der Waals surface area (Å²) in [5, 5.41) is 10.8. The molecular formula is C17H9F3N2O4. The normalized spacial score (nSPS) is 15.7. The fourth-order valence-electron chi connectivity index (χ4n) is 2.31. The molecule has 3 rings (SSSR count). The SMILES string of the molecule is O=C1OC(c2cccc([N+](=O)[O-])c2)=N/C1=C/c1ccccc1C(F)(F)F. The molecule has 0 N–H and O–H groups in total. The van der Waals surface area contributed by atoms with Crippen molar-refractivity contribution in [1.82, 2.24) is 0 Å². The lowest BCUT2D eigenvalue weighted by atomic mass is 10.1. The van der Waals surface area contributed by atoms with Gasteiger partial charge in [-0.05, 0) is 23.8 Å². The summed E-state index contributed by atoms with van der Waals surface area (Å²) in [6.45, 7) is 0. The maximum Gasteiger partial charge on any atom is 0.416 e. The maximum atomic E-state index is 13.0. The number of nitro groups is 1. The van der Waals surface area contributed by atoms with Crippen LogP contribution in [0.2, 0.25) is 0 Å². The summed E-state index contributed by atoms with van der Waals surface area (Å²) in [6.07, 6.45) is -3.63. The minimum Gasteiger partial charge on any atom is -0.402 e. The van der Waals surface area contributed by atoms with Crippen molar-refractivity contribution in [2.45, 2.75) is 6.18 Å². The molecule has 6 nitrogen and oxygen atoms in total. The molecular weight excluding hydrogens is 353 g/mol. The smallest absolute Gasteiger partial charge is 0.402 e. The lowest BCUT2D eigenvalue weighted by Crippen LogP contribution is -2.08. The Morgan fingerprint density at radius 1 is 1.12 bits per heavy atom. The Bertz CT molecular complexity index is 964. The minimum absolute atomic E-state index is 0.167. The Morgan fingerprint density at radius 2 is 1.85 bits per heavy atom. The minimum atomic E-state index is -4.59. The Hall–Kier alpha value is -3.49. The summed E-state index contributed by atoms with van der Waals surface area (Å²) in [7, 11) is 0. The maximum absolute atomic E-state index is 13.0. The van der Waals surface area contributed by atoms with Gasteiger partial charge in [-0.2, -0.15) is 13.2 Å². The molecule has 0 radical (unpaired) electrons. The van der Waals surface area contributed by atoms with Gasteiger partial charge in [-0.3, -0.25) is 10.1 Å². The summed E-state index contributed by atoms with van der Waals surface area (Å²) < 4.78 is 44.0. The Labute approximate surface area is 144 Å². The average molecular weight is 362 g/mol. The standard InChI is InChI=1S/C17H9F3N2O4/c18-17(19,20)13-7-2-1-4-10(13)9-14-16(23)26-15(21-14)11-5-3-6-12(8-11)22(24)25/h1-9H/b14-9+. The van der Waals surface area contributed by atoms with Crippen LogP contribution in [-0.4, -0.2) is 16.8 Å². The van der Waals surface area contributed by atoms with E-state index in [2.05, 4.69) is 4.99 Å². The van der Waals surface area contributed by atoms with E-state index in [0.29, 0.717) is 0 Å². The number of nitro benzene ring substituents is 1. The number of carbonyl (C=O) groups excluding carboxylic acids is 1. The number of benzene rings is 2. The molecule has 0 bridgehead atoms. The lowest BCUT2D eigenvalue weighted by Gasteiger charge is -2.09. The molecule has 26 heavy (non-hydrogen) atoms. The van der Waals surface area contributed by atoms with E-state index in [-0.39, 0.29) is 28.4 Å². The van der Waals surface area contributed by atoms with Crippen LogP contribution in [0.3, 0.4) is 0 Å². The van der Waals surface area contributed by atoms with Gasteiger partial charge in [0, 0.05) is 17.7 Å². The van der Waals surface area contributed by atoms with E-state index in [1.165, 1.54) is 36.4 Å². The quantitative estimate of drug-likeness (QED) is 0.358. The number of alkyl halides is 3. The topological polar surface area (TPSA) is 81.8 Å². The van der Waals surface area contributed by atoms with E-state index in [1.807, 2.05) is 0 Å². The molecule has 2 aromatic carbocycles. The van der Waals surface area contributed by atoms with Crippen LogP contribution >= 0.6 is 0 Å². The van der Waals surface area contributed by atoms with Gasteiger partial charge in [0.25, 0.3) is 5.69 Å². The van der Waals surface area contributed by atoms with Gasteiger partial charge in [-0.25, -0.2) is 9.79 Å². The molecule has 0 spiro atoms. The van der Waals surface area contributed by atoms with Crippen molar-refractivity contribution in [3.05, 3.63) is 81.0 Å². The molecule has 2 aromatic rings. The number of halogens is 3. The molecule has 0 unspecified atom stereocenters. The van der Waals surface area contributed by atoms with Crippen LogP contribution in [0.1, 0.15) is 16.7 Å². The third-order valence-corrected chi connectivity index (χ3v) is 3.48. The molecule has 1 heterocycles. The van der Waals surface area contributed by atoms with Crippen molar-refractivity contribution >= 4 is 23.6 Å². The molecule has 0 amide bonds. The van der Waals surface area contributed by atoms with Crippen LogP contribution in [-0.2, 0) is 15.7 Å². The van der Waals surface area contributed by atoms with Crippen LogP contribution in [0.5, 0.6) is 0 Å². The van der Waals surface area contributed by atoms with Gasteiger partial charge < -0.3 is 4.74 Å². The fourth-order valence-corrected chi connectivity index (χ4v) is 2.31. The third kappa shape index (κ3) is 3.46. The van der Waals surface area contributed by atoms with Gasteiger partial charge in [-0.1, -0.05) is 24.3 Å². The molecule has 1 aliphatic rings. The molecule has 0 saturated heterocycles. The first-order valence-electron chi connectivity index (χ1n) is 7.19. The van der Waals surface area contributed by atoms with Crippen LogP contribution < -0.4 is 0 Å². The Kier molecular flexibility index (Phi) is 4.29. The van der Waals surface area contributed by atoms with Gasteiger partial charge in [0.15, 0.2) is 5.70 Å². The fraction of sp³-hybridized carbons (Fsp3) is 0.0588. The van der Waals surface area contributed by atoms with Crippen molar-refractivity contribution in [3.63, 3.8) is 0 Å². The average Bonchev–Trinajstić information content (AvgIpc) is 2.95. The van der Waals surface area contributed by atoms with Crippen molar-refractivity contribution in [2.75, 3.05) is 0 Å². The first-order chi connectivity index (χ1) is 12.3. The number of ether oxygens (including phenoxy) is 1. The number of cyclic esters (lactones) is 1. The summed E-state index contributed by atoms with van der Waals surface area (Å²) in [5.74, 6) is -1.15. The number of carbonyl (C=O) groups is 1. The van der Waals surface area contributed by atoms with E-state index in [9.17, 15) is 28.1 Å². The molecule has 9 heteroatoms. The van der Waals surface area contributed by atoms with Gasteiger partial charge in [0.1, 0.15) is 0 Å². The van der Waals surface area contributed by atoms with Crippen molar-refractivity contribution < 1.29 is 27.6 Å². The summed E-state index contributed by atoms with van der Waals surface area (Å²) in [4.78, 5) is 26.0. The van der Waals surface area contributed by atoms with E-state index < -0.39 is 22.6 Å². The predicted octanol–water partition coefficient (Wildman–Crippen LogP) is 3.96. The number of aliphatic imine (C=N–C) groups is 1. The van der Waals surface area contributed by atoms with E-state index in [1.54, 1.807) is 0 Å². The van der Waals surface area contributed by atoms with Crippen LogP contribution in [0.15, 0.2) is 59.2 Å². The van der Waals surface area contributed by atoms with Gasteiger partial charge >= 0.3 is 12.1 Å². The second-order valence-electron chi connectivity index (χ2n) is 5.23.